The highest BCUT2D eigenvalue weighted by Gasteiger charge is 2.51. The summed E-state index contributed by atoms with van der Waals surface area (Å²) in [4.78, 5) is 26.8. The van der Waals surface area contributed by atoms with E-state index in [1.807, 2.05) is 41.8 Å². The minimum Gasteiger partial charge on any atom is -0.465 e. The van der Waals surface area contributed by atoms with Crippen molar-refractivity contribution in [3.63, 3.8) is 0 Å². The predicted molar refractivity (Wildman–Crippen MR) is 109 cm³/mol. The van der Waals surface area contributed by atoms with Gasteiger partial charge in [-0.3, -0.25) is 4.79 Å². The van der Waals surface area contributed by atoms with Crippen molar-refractivity contribution < 1.29 is 23.6 Å². The first kappa shape index (κ1) is 22.4. The van der Waals surface area contributed by atoms with Gasteiger partial charge in [-0.05, 0) is 78.4 Å². The fourth-order valence-electron chi connectivity index (χ4n) is 2.83. The summed E-state index contributed by atoms with van der Waals surface area (Å²) in [6.07, 6.45) is 0.833. The molecule has 1 heterocycles. The van der Waals surface area contributed by atoms with E-state index in [4.69, 9.17) is 14.0 Å². The van der Waals surface area contributed by atoms with Gasteiger partial charge in [0, 0.05) is 12.1 Å². The number of nitrogens with one attached hydrogen (secondary N) is 1. The first-order chi connectivity index (χ1) is 13.0. The zero-order valence-corrected chi connectivity index (χ0v) is 17.9. The molecule has 7 nitrogen and oxygen atoms in total. The van der Waals surface area contributed by atoms with Gasteiger partial charge in [0.1, 0.15) is 0 Å². The lowest BCUT2D eigenvalue weighted by atomic mass is 9.77. The van der Waals surface area contributed by atoms with Gasteiger partial charge in [-0.2, -0.15) is 0 Å². The van der Waals surface area contributed by atoms with Gasteiger partial charge in [0.25, 0.3) is 5.91 Å². The van der Waals surface area contributed by atoms with Crippen LogP contribution in [0.15, 0.2) is 18.2 Å². The van der Waals surface area contributed by atoms with Gasteiger partial charge >= 0.3 is 13.1 Å². The summed E-state index contributed by atoms with van der Waals surface area (Å²) in [5, 5.41) is 2.89. The van der Waals surface area contributed by atoms with E-state index in [0.717, 1.165) is 13.0 Å². The Balaban J connectivity index is 2.26. The number of carbonyl (C=O) groups excluding carboxylic acids is 2. The fourth-order valence-corrected chi connectivity index (χ4v) is 2.83. The molecule has 1 aromatic rings. The second-order valence-electron chi connectivity index (χ2n) is 8.34. The molecule has 1 N–H and O–H groups in total. The number of methoxy groups -OCH3 is 1. The van der Waals surface area contributed by atoms with Crippen LogP contribution in [0.1, 0.15) is 54.8 Å². The van der Waals surface area contributed by atoms with Gasteiger partial charge in [-0.1, -0.05) is 0 Å². The first-order valence-electron chi connectivity index (χ1n) is 9.49. The predicted octanol–water partition coefficient (Wildman–Crippen LogP) is 1.45. The van der Waals surface area contributed by atoms with Gasteiger partial charge in [-0.25, -0.2) is 4.79 Å². The lowest BCUT2D eigenvalue weighted by Crippen LogP contribution is -2.41. The summed E-state index contributed by atoms with van der Waals surface area (Å²) < 4.78 is 17.0. The Morgan fingerprint density at radius 2 is 1.64 bits per heavy atom. The van der Waals surface area contributed by atoms with Crippen LogP contribution in [0.3, 0.4) is 0 Å². The molecular formula is C20H31BN2O5. The molecule has 0 radical (unpaired) electrons. The maximum Gasteiger partial charge on any atom is 0.494 e. The van der Waals surface area contributed by atoms with E-state index in [0.29, 0.717) is 17.6 Å². The van der Waals surface area contributed by atoms with Crippen molar-refractivity contribution in [1.82, 2.24) is 10.2 Å². The largest absolute Gasteiger partial charge is 0.494 e. The van der Waals surface area contributed by atoms with Crippen LogP contribution in [-0.4, -0.2) is 69.4 Å². The van der Waals surface area contributed by atoms with Gasteiger partial charge < -0.3 is 24.3 Å². The molecule has 0 aromatic heterocycles. The van der Waals surface area contributed by atoms with Crippen LogP contribution in [-0.2, 0) is 14.0 Å². The summed E-state index contributed by atoms with van der Waals surface area (Å²) in [6.45, 7) is 9.24. The molecule has 28 heavy (non-hydrogen) atoms. The minimum atomic E-state index is -0.671. The van der Waals surface area contributed by atoms with Crippen LogP contribution >= 0.6 is 0 Å². The van der Waals surface area contributed by atoms with Crippen LogP contribution in [0.4, 0.5) is 0 Å². The molecule has 0 saturated carbocycles. The lowest BCUT2D eigenvalue weighted by Gasteiger charge is -2.32. The van der Waals surface area contributed by atoms with Crippen molar-refractivity contribution >= 4 is 24.5 Å². The number of esters is 1. The Labute approximate surface area is 167 Å². The number of carbonyl (C=O) groups is 2. The van der Waals surface area contributed by atoms with E-state index in [9.17, 15) is 9.59 Å². The molecule has 154 valence electrons. The standard InChI is InChI=1S/C20H31BN2O5/c1-19(2)20(3,4)28-21(27-19)16-12-14(11-15(13-16)18(25)26-7)17(24)22-9-8-10-23(5)6/h11-13H,8-10H2,1-7H3,(H,22,24). The molecule has 2 rings (SSSR count). The highest BCUT2D eigenvalue weighted by molar-refractivity contribution is 6.62. The SMILES string of the molecule is COC(=O)c1cc(B2OC(C)(C)C(C)(C)O2)cc(C(=O)NCCCN(C)C)c1. The Kier molecular flexibility index (Phi) is 6.91. The van der Waals surface area contributed by atoms with Crippen molar-refractivity contribution in [3.05, 3.63) is 29.3 Å². The third-order valence-electron chi connectivity index (χ3n) is 5.23. The molecule has 0 bridgehead atoms. The molecule has 0 aliphatic carbocycles. The summed E-state index contributed by atoms with van der Waals surface area (Å²) in [5.74, 6) is -0.762. The monoisotopic (exact) mass is 390 g/mol. The zero-order chi connectivity index (χ0) is 21.1. The van der Waals surface area contributed by atoms with Crippen LogP contribution in [0.25, 0.3) is 0 Å². The van der Waals surface area contributed by atoms with Crippen LogP contribution in [0, 0.1) is 0 Å². The minimum absolute atomic E-state index is 0.248. The summed E-state index contributed by atoms with van der Waals surface area (Å²) in [7, 11) is 4.61. The lowest BCUT2D eigenvalue weighted by molar-refractivity contribution is 0.00578. The molecule has 1 aliphatic heterocycles. The normalized spacial score (nSPS) is 17.6. The summed E-state index contributed by atoms with van der Waals surface area (Å²) >= 11 is 0. The van der Waals surface area contributed by atoms with Crippen molar-refractivity contribution in [3.8, 4) is 0 Å². The van der Waals surface area contributed by atoms with Crippen molar-refractivity contribution in [1.29, 1.82) is 0 Å². The van der Waals surface area contributed by atoms with Crippen LogP contribution in [0.5, 0.6) is 0 Å². The number of nitrogens with zero attached hydrogens (tertiary/aromatic N) is 1. The third-order valence-corrected chi connectivity index (χ3v) is 5.23. The highest BCUT2D eigenvalue weighted by atomic mass is 16.7. The Bertz CT molecular complexity index is 717. The van der Waals surface area contributed by atoms with E-state index in [1.165, 1.54) is 13.2 Å². The third kappa shape index (κ3) is 5.13. The summed E-state index contributed by atoms with van der Waals surface area (Å²) in [6, 6.07) is 4.88. The van der Waals surface area contributed by atoms with Crippen molar-refractivity contribution in [2.24, 2.45) is 0 Å². The zero-order valence-electron chi connectivity index (χ0n) is 17.9. The quantitative estimate of drug-likeness (QED) is 0.432. The molecule has 1 aromatic carbocycles. The number of ether oxygens (including phenoxy) is 1. The Hall–Kier alpha value is -1.90. The van der Waals surface area contributed by atoms with Gasteiger partial charge in [0.2, 0.25) is 0 Å². The number of benzene rings is 1. The highest BCUT2D eigenvalue weighted by Crippen LogP contribution is 2.36. The van der Waals surface area contributed by atoms with E-state index in [2.05, 4.69) is 10.2 Å². The first-order valence-corrected chi connectivity index (χ1v) is 9.49. The average molecular weight is 390 g/mol. The van der Waals surface area contributed by atoms with Crippen molar-refractivity contribution in [2.45, 2.75) is 45.3 Å². The Morgan fingerprint density at radius 3 is 2.18 bits per heavy atom. The number of rotatable bonds is 7. The van der Waals surface area contributed by atoms with Crippen molar-refractivity contribution in [2.75, 3.05) is 34.3 Å². The molecule has 0 spiro atoms. The van der Waals surface area contributed by atoms with Gasteiger partial charge in [0.05, 0.1) is 23.9 Å². The second kappa shape index (κ2) is 8.63. The molecule has 1 aliphatic rings. The maximum absolute atomic E-state index is 12.6. The molecule has 1 saturated heterocycles. The topological polar surface area (TPSA) is 77.1 Å². The number of hydrogen-bond donors (Lipinski definition) is 1. The van der Waals surface area contributed by atoms with E-state index in [-0.39, 0.29) is 11.5 Å². The van der Waals surface area contributed by atoms with Crippen LogP contribution in [0.2, 0.25) is 0 Å². The number of amides is 1. The molecule has 1 fully saturated rings. The summed E-state index contributed by atoms with van der Waals surface area (Å²) in [5.41, 5.74) is 0.228. The number of hydrogen-bond acceptors (Lipinski definition) is 6. The average Bonchev–Trinajstić information content (AvgIpc) is 2.84. The maximum atomic E-state index is 12.6. The Morgan fingerprint density at radius 1 is 1.07 bits per heavy atom. The second-order valence-corrected chi connectivity index (χ2v) is 8.34. The van der Waals surface area contributed by atoms with E-state index >= 15 is 0 Å². The molecule has 0 atom stereocenters. The van der Waals surface area contributed by atoms with E-state index in [1.54, 1.807) is 12.1 Å². The molecule has 1 amide bonds. The smallest absolute Gasteiger partial charge is 0.465 e. The molecular weight excluding hydrogens is 359 g/mol. The molecule has 0 unspecified atom stereocenters. The molecule has 8 heteroatoms. The van der Waals surface area contributed by atoms with Gasteiger partial charge in [0.15, 0.2) is 0 Å². The fraction of sp³-hybridized carbons (Fsp3) is 0.600. The van der Waals surface area contributed by atoms with E-state index < -0.39 is 24.3 Å². The van der Waals surface area contributed by atoms with Crippen LogP contribution < -0.4 is 10.8 Å². The van der Waals surface area contributed by atoms with Gasteiger partial charge in [-0.15, -0.1) is 0 Å².